The molecule has 3 atom stereocenters. The van der Waals surface area contributed by atoms with Crippen molar-refractivity contribution in [3.8, 4) is 17.2 Å². The zero-order valence-electron chi connectivity index (χ0n) is 57.0. The van der Waals surface area contributed by atoms with Gasteiger partial charge >= 0.3 is 11.7 Å². The molecule has 1 aliphatic heterocycles. The van der Waals surface area contributed by atoms with Crippen LogP contribution in [0.3, 0.4) is 0 Å². The van der Waals surface area contributed by atoms with E-state index in [9.17, 15) is 24.3 Å². The van der Waals surface area contributed by atoms with Crippen molar-refractivity contribution in [1.29, 1.82) is 0 Å². The van der Waals surface area contributed by atoms with E-state index in [1.165, 1.54) is 307 Å². The van der Waals surface area contributed by atoms with Gasteiger partial charge in [0.1, 0.15) is 18.4 Å². The van der Waals surface area contributed by atoms with Crippen LogP contribution in [0.1, 0.15) is 364 Å². The Labute approximate surface area is 531 Å². The standard InChI is InChI=1S/C62H117NO4.C12H16N2O6/c1-5-8-11-14-17-20-23-26-29-32-35-38-41-44-47-50-53-65-59-56-58(62(64)63-4)57-60(66-54-51-48-45-42-39-36-33-30-27-24-21-18-15-12-9-6-2)61(59)67-55-52-49-46-43-40-37-34-31-28-25-22-19-16-13-10-7-3;1-6-4-14(12(18)13-11(6)17)10-3-8(19-7(2)16)9(5-15)20-10/h56-57H,5-55H2,1-4H3,(H,63,64);4,8-10,15H,3,5H2,1-2H3,(H,13,17,18)/t;8-,9+,10+/m.0/s1. The van der Waals surface area contributed by atoms with Crippen molar-refractivity contribution in [2.45, 2.75) is 368 Å². The van der Waals surface area contributed by atoms with Crippen LogP contribution in [0.25, 0.3) is 0 Å². The number of aryl methyl sites for hydroxylation is 1. The van der Waals surface area contributed by atoms with Crippen molar-refractivity contribution < 1.29 is 38.4 Å². The quantitative estimate of drug-likeness (QED) is 0.0428. The monoisotopic (exact) mass is 1220 g/mol. The number of hydrogen-bond acceptors (Lipinski definition) is 10. The number of nitrogens with one attached hydrogen (secondary N) is 2. The van der Waals surface area contributed by atoms with Crippen molar-refractivity contribution in [3.63, 3.8) is 0 Å². The van der Waals surface area contributed by atoms with Gasteiger partial charge in [-0.2, -0.15) is 0 Å². The van der Waals surface area contributed by atoms with Crippen LogP contribution in [-0.4, -0.2) is 72.2 Å². The molecule has 0 aliphatic carbocycles. The van der Waals surface area contributed by atoms with Crippen molar-refractivity contribution in [1.82, 2.24) is 14.9 Å². The van der Waals surface area contributed by atoms with E-state index in [-0.39, 0.29) is 18.9 Å². The van der Waals surface area contributed by atoms with Gasteiger partial charge in [0.25, 0.3) is 11.5 Å². The first-order valence-corrected chi connectivity index (χ1v) is 36.6. The fourth-order valence-corrected chi connectivity index (χ4v) is 11.9. The van der Waals surface area contributed by atoms with Crippen LogP contribution < -0.4 is 30.8 Å². The van der Waals surface area contributed by atoms with E-state index in [4.69, 9.17) is 23.7 Å². The number of ether oxygens (including phenoxy) is 5. The SMILES string of the molecule is CC(=O)O[C@H]1C[C@H](n2cc(C)c(=O)[nH]c2=O)O[C@@H]1CO.CCCCCCCCCCCCCCCCCCOc1cc(C(=O)NC)cc(OCCCCCCCCCCCCCCCCCC)c1OCCCCCCCCCCCCCCCCCC. The van der Waals surface area contributed by atoms with Crippen molar-refractivity contribution in [2.24, 2.45) is 0 Å². The van der Waals surface area contributed by atoms with Gasteiger partial charge in [0.15, 0.2) is 11.5 Å². The highest BCUT2D eigenvalue weighted by Crippen LogP contribution is 2.40. The fourth-order valence-electron chi connectivity index (χ4n) is 11.9. The van der Waals surface area contributed by atoms with Crippen LogP contribution in [0.5, 0.6) is 17.2 Å². The summed E-state index contributed by atoms with van der Waals surface area (Å²) in [6, 6.07) is 3.74. The molecule has 1 fully saturated rings. The van der Waals surface area contributed by atoms with Gasteiger partial charge in [-0.25, -0.2) is 4.79 Å². The number of aliphatic hydroxyl groups is 1. The maximum absolute atomic E-state index is 13.0. The first-order chi connectivity index (χ1) is 42.6. The number of aliphatic hydroxyl groups excluding tert-OH is 1. The lowest BCUT2D eigenvalue weighted by Gasteiger charge is -2.19. The van der Waals surface area contributed by atoms with E-state index in [0.717, 1.165) is 19.3 Å². The average Bonchev–Trinajstić information content (AvgIpc) is 2.25. The highest BCUT2D eigenvalue weighted by atomic mass is 16.6. The Morgan fingerprint density at radius 3 is 1.13 bits per heavy atom. The van der Waals surface area contributed by atoms with Crippen molar-refractivity contribution in [2.75, 3.05) is 33.5 Å². The topological polar surface area (TPSA) is 167 Å². The van der Waals surface area contributed by atoms with Gasteiger partial charge in [-0.3, -0.25) is 23.9 Å². The summed E-state index contributed by atoms with van der Waals surface area (Å²) >= 11 is 0. The van der Waals surface area contributed by atoms with Crippen LogP contribution >= 0.6 is 0 Å². The summed E-state index contributed by atoms with van der Waals surface area (Å²) < 4.78 is 31.3. The molecule has 1 amide bonds. The number of H-pyrrole nitrogens is 1. The molecule has 2 heterocycles. The summed E-state index contributed by atoms with van der Waals surface area (Å²) in [5.41, 5.74) is -0.129. The van der Waals surface area contributed by atoms with Crippen LogP contribution in [0.4, 0.5) is 0 Å². The molecule has 2 aromatic rings. The molecule has 0 unspecified atom stereocenters. The summed E-state index contributed by atoms with van der Waals surface area (Å²) in [5, 5.41) is 12.0. The number of hydrogen-bond donors (Lipinski definition) is 3. The van der Waals surface area contributed by atoms with E-state index >= 15 is 0 Å². The maximum Gasteiger partial charge on any atom is 0.330 e. The number of esters is 1. The summed E-state index contributed by atoms with van der Waals surface area (Å²) in [5.74, 6) is 1.38. The van der Waals surface area contributed by atoms with Gasteiger partial charge in [0.2, 0.25) is 5.75 Å². The Morgan fingerprint density at radius 1 is 0.517 bits per heavy atom. The first kappa shape index (κ1) is 79.3. The molecule has 0 saturated carbocycles. The van der Waals surface area contributed by atoms with Crippen LogP contribution in [-0.2, 0) is 14.3 Å². The maximum atomic E-state index is 13.0. The number of unbranched alkanes of at least 4 members (excludes halogenated alkanes) is 45. The summed E-state index contributed by atoms with van der Waals surface area (Å²) in [6.45, 7) is 11.3. The molecule has 0 radical (unpaired) electrons. The molecular weight excluding hydrogens is 1090 g/mol. The lowest BCUT2D eigenvalue weighted by molar-refractivity contribution is -0.150. The number of aromatic amines is 1. The minimum atomic E-state index is -0.695. The van der Waals surface area contributed by atoms with Crippen LogP contribution in [0.2, 0.25) is 0 Å². The molecule has 13 nitrogen and oxygen atoms in total. The van der Waals surface area contributed by atoms with Gasteiger partial charge in [-0.05, 0) is 38.3 Å². The molecule has 1 saturated heterocycles. The molecule has 504 valence electrons. The summed E-state index contributed by atoms with van der Waals surface area (Å²) in [4.78, 5) is 49.2. The predicted octanol–water partition coefficient (Wildman–Crippen LogP) is 20.0. The highest BCUT2D eigenvalue weighted by molar-refractivity contribution is 5.95. The minimum Gasteiger partial charge on any atom is -0.490 e. The van der Waals surface area contributed by atoms with E-state index in [1.54, 1.807) is 14.0 Å². The molecular formula is C74H133N3O10. The third-order valence-electron chi connectivity index (χ3n) is 17.4. The predicted molar refractivity (Wildman–Crippen MR) is 362 cm³/mol. The van der Waals surface area contributed by atoms with Crippen molar-refractivity contribution in [3.05, 3.63) is 50.3 Å². The number of aromatic nitrogens is 2. The second-order valence-electron chi connectivity index (χ2n) is 25.5. The molecule has 87 heavy (non-hydrogen) atoms. The number of carbonyl (C=O) groups excluding carboxylic acids is 2. The first-order valence-electron chi connectivity index (χ1n) is 36.6. The Kier molecular flexibility index (Phi) is 51.2. The van der Waals surface area contributed by atoms with E-state index in [0.29, 0.717) is 48.2 Å². The van der Waals surface area contributed by atoms with Gasteiger partial charge in [0.05, 0.1) is 26.4 Å². The van der Waals surface area contributed by atoms with Gasteiger partial charge < -0.3 is 34.1 Å². The third kappa shape index (κ3) is 41.2. The Balaban J connectivity index is 0.00000107. The number of benzene rings is 1. The lowest BCUT2D eigenvalue weighted by Crippen LogP contribution is -2.33. The Bertz CT molecular complexity index is 2000. The molecule has 3 N–H and O–H groups in total. The smallest absolute Gasteiger partial charge is 0.330 e. The highest BCUT2D eigenvalue weighted by Gasteiger charge is 2.38. The lowest BCUT2D eigenvalue weighted by atomic mass is 10.0. The number of amides is 1. The number of carbonyl (C=O) groups is 2. The minimum absolute atomic E-state index is 0.121. The molecule has 0 spiro atoms. The Hall–Kier alpha value is -3.84. The second kappa shape index (κ2) is 56.2. The van der Waals surface area contributed by atoms with E-state index < -0.39 is 35.7 Å². The normalized spacial score (nSPS) is 14.7. The van der Waals surface area contributed by atoms with Gasteiger partial charge in [-0.15, -0.1) is 0 Å². The fraction of sp³-hybridized carbons (Fsp3) is 0.838. The number of rotatable bonds is 58. The van der Waals surface area contributed by atoms with Crippen molar-refractivity contribution >= 4 is 11.9 Å². The third-order valence-corrected chi connectivity index (χ3v) is 17.4. The summed E-state index contributed by atoms with van der Waals surface area (Å²) in [7, 11) is 1.69. The average molecular weight is 1220 g/mol. The number of nitrogens with zero attached hydrogens (tertiary/aromatic N) is 1. The zero-order valence-corrected chi connectivity index (χ0v) is 57.0. The molecule has 3 rings (SSSR count). The van der Waals surface area contributed by atoms with Crippen LogP contribution in [0.15, 0.2) is 27.9 Å². The van der Waals surface area contributed by atoms with Gasteiger partial charge in [-0.1, -0.05) is 310 Å². The zero-order chi connectivity index (χ0) is 63.1. The van der Waals surface area contributed by atoms with E-state index in [2.05, 4.69) is 31.1 Å². The molecule has 1 aromatic carbocycles. The molecule has 13 heteroatoms. The molecule has 0 bridgehead atoms. The largest absolute Gasteiger partial charge is 0.490 e. The van der Waals surface area contributed by atoms with Gasteiger partial charge in [0, 0.05) is 37.7 Å². The Morgan fingerprint density at radius 2 is 0.828 bits per heavy atom. The van der Waals surface area contributed by atoms with E-state index in [1.807, 2.05) is 12.1 Å². The summed E-state index contributed by atoms with van der Waals surface area (Å²) in [6.07, 6.45) is 64.5. The molecule has 1 aliphatic rings. The molecule has 1 aromatic heterocycles. The van der Waals surface area contributed by atoms with Crippen LogP contribution in [0, 0.1) is 6.92 Å². The second-order valence-corrected chi connectivity index (χ2v) is 25.5.